The van der Waals surface area contributed by atoms with Crippen molar-refractivity contribution in [3.8, 4) is 11.8 Å². The molecule has 1 heterocycles. The number of nitrogens with zero attached hydrogens (tertiary/aromatic N) is 2. The van der Waals surface area contributed by atoms with Gasteiger partial charge >= 0.3 is 8.69 Å². The smallest absolute Gasteiger partial charge is 0.372 e. The third kappa shape index (κ3) is 5.32. The average molecular weight is 397 g/mol. The highest BCUT2D eigenvalue weighted by atomic mass is 31.1. The number of carbonyl (C=O) groups is 1. The van der Waals surface area contributed by atoms with Crippen LogP contribution in [0.5, 0.6) is 5.75 Å². The molecule has 0 aliphatic carbocycles. The van der Waals surface area contributed by atoms with Gasteiger partial charge in [-0.15, -0.1) is 0 Å². The van der Waals surface area contributed by atoms with Crippen molar-refractivity contribution in [1.29, 1.82) is 5.26 Å². The van der Waals surface area contributed by atoms with Crippen LogP contribution in [0.25, 0.3) is 10.9 Å². The van der Waals surface area contributed by atoms with E-state index in [1.807, 2.05) is 6.07 Å². The summed E-state index contributed by atoms with van der Waals surface area (Å²) < 4.78 is 19.3. The number of ether oxygens (including phenoxy) is 1. The van der Waals surface area contributed by atoms with Crippen molar-refractivity contribution in [2.24, 2.45) is 0 Å². The van der Waals surface area contributed by atoms with Gasteiger partial charge in [-0.25, -0.2) is 4.57 Å². The summed E-state index contributed by atoms with van der Waals surface area (Å²) in [7, 11) is 2.56. The lowest BCUT2D eigenvalue weighted by atomic mass is 10.1. The van der Waals surface area contributed by atoms with Gasteiger partial charge in [0, 0.05) is 31.5 Å². The van der Waals surface area contributed by atoms with E-state index in [0.29, 0.717) is 16.8 Å². The summed E-state index contributed by atoms with van der Waals surface area (Å²) >= 11 is 0. The SMILES string of the molecule is COC.N#Cc1ccc(NC(=O)c2ccc3cccnc3c2OOP=O)cc1. The molecule has 0 bridgehead atoms. The molecule has 0 radical (unpaired) electrons. The van der Waals surface area contributed by atoms with Gasteiger partial charge in [0.25, 0.3) is 5.91 Å². The van der Waals surface area contributed by atoms with Crippen molar-refractivity contribution in [3.05, 3.63) is 65.9 Å². The van der Waals surface area contributed by atoms with Gasteiger partial charge in [0.05, 0.1) is 17.2 Å². The summed E-state index contributed by atoms with van der Waals surface area (Å²) in [4.78, 5) is 21.8. The first-order chi connectivity index (χ1) is 13.6. The van der Waals surface area contributed by atoms with Crippen LogP contribution in [0.15, 0.2) is 54.7 Å². The molecule has 0 aliphatic rings. The normalized spacial score (nSPS) is 9.89. The quantitative estimate of drug-likeness (QED) is 0.391. The summed E-state index contributed by atoms with van der Waals surface area (Å²) in [5.41, 5.74) is 1.57. The Balaban J connectivity index is 0.000000878. The van der Waals surface area contributed by atoms with Gasteiger partial charge in [-0.3, -0.25) is 9.78 Å². The molecular formula is C19H16N3O5P. The van der Waals surface area contributed by atoms with Gasteiger partial charge in [0.2, 0.25) is 5.75 Å². The number of pyridine rings is 1. The number of fused-ring (bicyclic) bond motifs is 1. The molecule has 0 saturated carbocycles. The summed E-state index contributed by atoms with van der Waals surface area (Å²) in [6, 6.07) is 15.2. The summed E-state index contributed by atoms with van der Waals surface area (Å²) in [6.07, 6.45) is 1.55. The first kappa shape index (κ1) is 20.9. The minimum Gasteiger partial charge on any atom is -0.388 e. The molecule has 3 aromatic rings. The predicted molar refractivity (Wildman–Crippen MR) is 103 cm³/mol. The molecular weight excluding hydrogens is 381 g/mol. The van der Waals surface area contributed by atoms with Crippen molar-refractivity contribution in [3.63, 3.8) is 0 Å². The highest BCUT2D eigenvalue weighted by Gasteiger charge is 2.18. The lowest BCUT2D eigenvalue weighted by molar-refractivity contribution is -0.0856. The Morgan fingerprint density at radius 1 is 1.14 bits per heavy atom. The maximum atomic E-state index is 12.6. The second-order valence-corrected chi connectivity index (χ2v) is 5.60. The Labute approximate surface area is 162 Å². The Kier molecular flexibility index (Phi) is 8.00. The van der Waals surface area contributed by atoms with Crippen LogP contribution in [0.2, 0.25) is 0 Å². The predicted octanol–water partition coefficient (Wildman–Crippen LogP) is 4.14. The second-order valence-electron chi connectivity index (χ2n) is 5.30. The molecule has 9 heteroatoms. The Morgan fingerprint density at radius 2 is 1.86 bits per heavy atom. The fourth-order valence-electron chi connectivity index (χ4n) is 2.26. The van der Waals surface area contributed by atoms with Gasteiger partial charge in [-0.05, 0) is 36.4 Å². The molecule has 1 N–H and O–H groups in total. The van der Waals surface area contributed by atoms with Crippen molar-refractivity contribution >= 4 is 31.2 Å². The first-order valence-corrected chi connectivity index (χ1v) is 8.63. The van der Waals surface area contributed by atoms with Crippen molar-refractivity contribution in [2.45, 2.75) is 0 Å². The molecule has 1 amide bonds. The van der Waals surface area contributed by atoms with Gasteiger partial charge in [-0.2, -0.15) is 5.26 Å². The monoisotopic (exact) mass is 397 g/mol. The largest absolute Gasteiger partial charge is 0.388 e. The zero-order valence-corrected chi connectivity index (χ0v) is 16.0. The summed E-state index contributed by atoms with van der Waals surface area (Å²) in [6.45, 7) is 0. The molecule has 0 fully saturated rings. The van der Waals surface area contributed by atoms with Crippen LogP contribution in [0.1, 0.15) is 15.9 Å². The zero-order valence-electron chi connectivity index (χ0n) is 15.1. The van der Waals surface area contributed by atoms with E-state index in [2.05, 4.69) is 19.7 Å². The number of nitriles is 1. The molecule has 0 atom stereocenters. The van der Waals surface area contributed by atoms with E-state index in [4.69, 9.17) is 10.1 Å². The standard InChI is InChI=1S/C17H10N3O4P.C2H6O/c18-10-11-3-6-13(7-4-11)20-17(21)14-8-5-12-2-1-9-19-15(12)16(14)23-24-25-22;1-3-2/h1-9H,(H,20,21);1-2H3. The molecule has 0 spiro atoms. The van der Waals surface area contributed by atoms with Crippen molar-refractivity contribution < 1.29 is 23.7 Å². The fourth-order valence-corrected chi connectivity index (χ4v) is 2.37. The van der Waals surface area contributed by atoms with Gasteiger partial charge < -0.3 is 14.9 Å². The maximum Gasteiger partial charge on any atom is 0.372 e. The van der Waals surface area contributed by atoms with Gasteiger partial charge in [0.15, 0.2) is 0 Å². The van der Waals surface area contributed by atoms with Crippen LogP contribution in [-0.2, 0) is 14.0 Å². The number of amides is 1. The molecule has 8 nitrogen and oxygen atoms in total. The lowest BCUT2D eigenvalue weighted by Gasteiger charge is -2.10. The topological polar surface area (TPSA) is 111 Å². The highest BCUT2D eigenvalue weighted by molar-refractivity contribution is 7.17. The number of hydrogen-bond donors (Lipinski definition) is 1. The van der Waals surface area contributed by atoms with E-state index in [-0.39, 0.29) is 11.3 Å². The number of carbonyl (C=O) groups excluding carboxylic acids is 1. The molecule has 0 aliphatic heterocycles. The van der Waals surface area contributed by atoms with E-state index in [9.17, 15) is 9.36 Å². The Morgan fingerprint density at radius 3 is 2.50 bits per heavy atom. The third-order valence-corrected chi connectivity index (χ3v) is 3.53. The number of anilines is 1. The number of methoxy groups -OCH3 is 1. The second kappa shape index (κ2) is 10.7. The molecule has 2 aromatic carbocycles. The van der Waals surface area contributed by atoms with Crippen LogP contribution < -0.4 is 10.2 Å². The van der Waals surface area contributed by atoms with E-state index in [1.54, 1.807) is 68.9 Å². The lowest BCUT2D eigenvalue weighted by Crippen LogP contribution is -2.13. The number of hydrogen-bond acceptors (Lipinski definition) is 7. The summed E-state index contributed by atoms with van der Waals surface area (Å²) in [5.74, 6) is -0.397. The number of nitrogens with one attached hydrogen (secondary N) is 1. The molecule has 3 rings (SSSR count). The van der Waals surface area contributed by atoms with Crippen LogP contribution in [0, 0.1) is 11.3 Å². The number of aromatic nitrogens is 1. The van der Waals surface area contributed by atoms with E-state index in [0.717, 1.165) is 5.39 Å². The summed E-state index contributed by atoms with van der Waals surface area (Å²) in [5, 5.41) is 12.2. The van der Waals surface area contributed by atoms with Crippen LogP contribution in [0.3, 0.4) is 0 Å². The minimum atomic E-state index is -0.687. The fraction of sp³-hybridized carbons (Fsp3) is 0.105. The molecule has 28 heavy (non-hydrogen) atoms. The van der Waals surface area contributed by atoms with Crippen LogP contribution >= 0.6 is 8.69 Å². The van der Waals surface area contributed by atoms with Crippen molar-refractivity contribution in [1.82, 2.24) is 4.98 Å². The minimum absolute atomic E-state index is 0.0626. The Hall–Kier alpha value is -3.37. The number of benzene rings is 2. The molecule has 0 saturated heterocycles. The third-order valence-electron chi connectivity index (χ3n) is 3.40. The van der Waals surface area contributed by atoms with Gasteiger partial charge in [-0.1, -0.05) is 16.8 Å². The first-order valence-electron chi connectivity index (χ1n) is 7.90. The molecule has 1 aromatic heterocycles. The zero-order chi connectivity index (χ0) is 20.4. The van der Waals surface area contributed by atoms with Gasteiger partial charge in [0.1, 0.15) is 5.52 Å². The van der Waals surface area contributed by atoms with Crippen LogP contribution in [0.4, 0.5) is 5.69 Å². The number of rotatable bonds is 5. The van der Waals surface area contributed by atoms with Crippen LogP contribution in [-0.4, -0.2) is 25.1 Å². The van der Waals surface area contributed by atoms with E-state index in [1.165, 1.54) is 0 Å². The van der Waals surface area contributed by atoms with E-state index < -0.39 is 14.6 Å². The molecule has 0 unspecified atom stereocenters. The molecule has 142 valence electrons. The Bertz CT molecular complexity index is 1000. The highest BCUT2D eigenvalue weighted by Crippen LogP contribution is 2.30. The van der Waals surface area contributed by atoms with Crippen molar-refractivity contribution in [2.75, 3.05) is 19.5 Å². The maximum absolute atomic E-state index is 12.6. The average Bonchev–Trinajstić information content (AvgIpc) is 2.73. The van der Waals surface area contributed by atoms with E-state index >= 15 is 0 Å².